The van der Waals surface area contributed by atoms with Gasteiger partial charge in [0.15, 0.2) is 17.2 Å². The quantitative estimate of drug-likeness (QED) is 0.117. The number of nitrogens with two attached hydrogens (primary N) is 3. The van der Waals surface area contributed by atoms with Crippen LogP contribution in [0.1, 0.15) is 35.6 Å². The number of pyridine rings is 4. The Morgan fingerprint density at radius 2 is 1.08 bits per heavy atom. The van der Waals surface area contributed by atoms with Gasteiger partial charge in [0.1, 0.15) is 21.7 Å². The van der Waals surface area contributed by atoms with Crippen molar-refractivity contribution in [3.05, 3.63) is 127 Å². The van der Waals surface area contributed by atoms with Gasteiger partial charge in [0.2, 0.25) is 0 Å². The van der Waals surface area contributed by atoms with Crippen molar-refractivity contribution in [3.63, 3.8) is 0 Å². The molecule has 6 aromatic heterocycles. The third kappa shape index (κ3) is 8.54. The van der Waals surface area contributed by atoms with Gasteiger partial charge in [0, 0.05) is 96.1 Å². The SMILES string of the molecule is NCC1(c2ccccn2)C2CCN(c3cnc(Sc4cccnc4C(F)(F)F)c(N)n3)CC21.NCC1(c2ccccn2)C2CCN(c3cnc(Sc4cccnc4C(F)(F)F)cn3)CC21. The minimum Gasteiger partial charge on any atom is -0.381 e. The number of hydrogen-bond donors (Lipinski definition) is 3. The van der Waals surface area contributed by atoms with Gasteiger partial charge in [-0.2, -0.15) is 26.3 Å². The van der Waals surface area contributed by atoms with Crippen molar-refractivity contribution < 1.29 is 26.3 Å². The Balaban J connectivity index is 0.000000164. The van der Waals surface area contributed by atoms with Gasteiger partial charge in [-0.1, -0.05) is 35.7 Å². The van der Waals surface area contributed by atoms with Crippen LogP contribution in [0.25, 0.3) is 0 Å². The van der Waals surface area contributed by atoms with Crippen molar-refractivity contribution in [2.24, 2.45) is 35.1 Å². The molecule has 6 N–H and O–H groups in total. The van der Waals surface area contributed by atoms with Crippen LogP contribution in [-0.2, 0) is 23.2 Å². The van der Waals surface area contributed by atoms with E-state index in [0.29, 0.717) is 53.4 Å². The number of fused-ring (bicyclic) bond motifs is 2. The summed E-state index contributed by atoms with van der Waals surface area (Å²) >= 11 is 1.71. The number of nitrogen functional groups attached to an aromatic ring is 1. The van der Waals surface area contributed by atoms with E-state index in [-0.39, 0.29) is 31.5 Å². The van der Waals surface area contributed by atoms with E-state index >= 15 is 0 Å². The molecular weight excluding hydrogens is 889 g/mol. The van der Waals surface area contributed by atoms with E-state index in [1.807, 2.05) is 36.5 Å². The first-order chi connectivity index (χ1) is 31.3. The Bertz CT molecular complexity index is 2610. The molecule has 0 radical (unpaired) electrons. The second-order valence-corrected chi connectivity index (χ2v) is 18.4. The summed E-state index contributed by atoms with van der Waals surface area (Å²) in [6.45, 7) is 4.25. The molecule has 2 aliphatic carbocycles. The van der Waals surface area contributed by atoms with Crippen molar-refractivity contribution in [1.29, 1.82) is 0 Å². The Labute approximate surface area is 378 Å². The number of anilines is 3. The highest BCUT2D eigenvalue weighted by Crippen LogP contribution is 2.63. The maximum Gasteiger partial charge on any atom is 0.434 e. The summed E-state index contributed by atoms with van der Waals surface area (Å²) in [7, 11) is 0. The predicted molar refractivity (Wildman–Crippen MR) is 233 cm³/mol. The predicted octanol–water partition coefficient (Wildman–Crippen LogP) is 7.16. The van der Waals surface area contributed by atoms with Gasteiger partial charge in [-0.05, 0) is 85.0 Å². The monoisotopic (exact) mass is 931 g/mol. The molecule has 0 bridgehead atoms. The average molecular weight is 932 g/mol. The molecule has 0 aromatic carbocycles. The summed E-state index contributed by atoms with van der Waals surface area (Å²) in [5, 5.41) is 0.599. The summed E-state index contributed by atoms with van der Waals surface area (Å²) in [6.07, 6.45) is 3.40. The molecule has 2 saturated heterocycles. The fraction of sp³-hybridized carbons (Fsp3) is 0.364. The Morgan fingerprint density at radius 1 is 0.569 bits per heavy atom. The number of halogens is 6. The molecule has 2 saturated carbocycles. The molecule has 13 nitrogen and oxygen atoms in total. The van der Waals surface area contributed by atoms with Gasteiger partial charge in [-0.25, -0.2) is 19.9 Å². The lowest BCUT2D eigenvalue weighted by atomic mass is 9.96. The summed E-state index contributed by atoms with van der Waals surface area (Å²) in [5.74, 6) is 3.14. The second kappa shape index (κ2) is 17.6. The minimum atomic E-state index is -4.57. The maximum absolute atomic E-state index is 13.3. The van der Waals surface area contributed by atoms with E-state index in [9.17, 15) is 26.3 Å². The second-order valence-electron chi connectivity index (χ2n) is 16.3. The highest BCUT2D eigenvalue weighted by Gasteiger charge is 2.67. The fourth-order valence-corrected chi connectivity index (χ4v) is 11.7. The molecule has 6 aromatic rings. The average Bonchev–Trinajstić information content (AvgIpc) is 4.20. The van der Waals surface area contributed by atoms with Crippen LogP contribution in [0.3, 0.4) is 0 Å². The van der Waals surface area contributed by atoms with Crippen molar-refractivity contribution >= 4 is 41.0 Å². The molecule has 4 aliphatic rings. The van der Waals surface area contributed by atoms with Gasteiger partial charge >= 0.3 is 12.4 Å². The van der Waals surface area contributed by atoms with Crippen LogP contribution in [0.4, 0.5) is 43.8 Å². The number of piperidine rings is 2. The molecule has 4 fully saturated rings. The Morgan fingerprint density at radius 3 is 1.54 bits per heavy atom. The van der Waals surface area contributed by atoms with Crippen LogP contribution in [0.2, 0.25) is 0 Å². The molecule has 6 unspecified atom stereocenters. The van der Waals surface area contributed by atoms with Crippen molar-refractivity contribution in [3.8, 4) is 0 Å². The zero-order valence-electron chi connectivity index (χ0n) is 34.6. The highest BCUT2D eigenvalue weighted by molar-refractivity contribution is 7.99. The topological polar surface area (TPSA) is 188 Å². The maximum atomic E-state index is 13.3. The van der Waals surface area contributed by atoms with E-state index in [0.717, 1.165) is 86.3 Å². The molecule has 8 heterocycles. The largest absolute Gasteiger partial charge is 0.434 e. The zero-order chi connectivity index (χ0) is 45.6. The van der Waals surface area contributed by atoms with Crippen LogP contribution in [0.5, 0.6) is 0 Å². The lowest BCUT2D eigenvalue weighted by Crippen LogP contribution is -2.33. The lowest BCUT2D eigenvalue weighted by molar-refractivity contribution is -0.144. The van der Waals surface area contributed by atoms with Crippen LogP contribution in [0.15, 0.2) is 124 Å². The summed E-state index contributed by atoms with van der Waals surface area (Å²) in [4.78, 5) is 37.9. The standard InChI is InChI=1S/C22H22F3N7S.C22H21F3N6S/c23-22(24,25)18-15(4-3-8-29-18)33-20-19(27)31-17(10-30-20)32-9-6-13-14(11-32)21(13,12-26)16-5-1-2-7-28-16;23-22(24,25)20-16(4-3-8-28-20)32-19-11-29-18(10-30-19)31-9-6-14-15(12-31)21(14,13-26)17-5-1-2-7-27-17/h1-5,7-8,10,13-14H,6,9,11-12,26H2,(H2,27,31);1-5,7-8,10-11,14-15H,6,9,12-13,26H2. The van der Waals surface area contributed by atoms with E-state index in [1.165, 1.54) is 30.5 Å². The molecule has 0 spiro atoms. The number of hydrogen-bond acceptors (Lipinski definition) is 15. The molecule has 2 aliphatic heterocycles. The van der Waals surface area contributed by atoms with Crippen molar-refractivity contribution in [2.75, 3.05) is 54.8 Å². The van der Waals surface area contributed by atoms with Gasteiger partial charge < -0.3 is 27.0 Å². The Hall–Kier alpha value is -5.64. The number of nitrogens with zero attached hydrogens (tertiary/aromatic N) is 10. The van der Waals surface area contributed by atoms with Crippen LogP contribution in [-0.4, -0.2) is 79.1 Å². The molecule has 6 atom stereocenters. The molecule has 21 heteroatoms. The third-order valence-electron chi connectivity index (χ3n) is 13.1. The van der Waals surface area contributed by atoms with Gasteiger partial charge in [0.05, 0.1) is 18.6 Å². The minimum absolute atomic E-state index is 0.00364. The number of alkyl halides is 6. The van der Waals surface area contributed by atoms with E-state index < -0.39 is 23.7 Å². The lowest BCUT2D eigenvalue weighted by Gasteiger charge is -2.27. The smallest absolute Gasteiger partial charge is 0.381 e. The van der Waals surface area contributed by atoms with E-state index in [4.69, 9.17) is 17.2 Å². The third-order valence-corrected chi connectivity index (χ3v) is 15.2. The van der Waals surface area contributed by atoms with E-state index in [1.54, 1.807) is 18.6 Å². The summed E-state index contributed by atoms with van der Waals surface area (Å²) in [5.41, 5.74) is 18.5. The summed E-state index contributed by atoms with van der Waals surface area (Å²) in [6, 6.07) is 17.5. The highest BCUT2D eigenvalue weighted by atomic mass is 32.2. The molecule has 10 rings (SSSR count). The molecule has 338 valence electrons. The van der Waals surface area contributed by atoms with E-state index in [2.05, 4.69) is 55.7 Å². The molecule has 0 amide bonds. The normalized spacial score (nSPS) is 24.6. The van der Waals surface area contributed by atoms with Crippen LogP contribution in [0, 0.1) is 23.7 Å². The van der Waals surface area contributed by atoms with Crippen molar-refractivity contribution in [2.45, 2.75) is 55.9 Å². The first-order valence-corrected chi connectivity index (χ1v) is 22.5. The van der Waals surface area contributed by atoms with Crippen LogP contribution >= 0.6 is 23.5 Å². The molecule has 65 heavy (non-hydrogen) atoms. The van der Waals surface area contributed by atoms with Gasteiger partial charge in [-0.15, -0.1) is 0 Å². The first kappa shape index (κ1) is 44.6. The fourth-order valence-electron chi connectivity index (χ4n) is 9.95. The number of rotatable bonds is 10. The summed E-state index contributed by atoms with van der Waals surface area (Å²) < 4.78 is 79.3. The molecular formula is C44H43F6N13S2. The van der Waals surface area contributed by atoms with Crippen molar-refractivity contribution in [1.82, 2.24) is 39.9 Å². The number of aromatic nitrogens is 8. The van der Waals surface area contributed by atoms with Gasteiger partial charge in [0.25, 0.3) is 0 Å². The zero-order valence-corrected chi connectivity index (χ0v) is 36.2. The Kier molecular flexibility index (Phi) is 12.1. The first-order valence-electron chi connectivity index (χ1n) is 20.9. The van der Waals surface area contributed by atoms with Gasteiger partial charge in [-0.3, -0.25) is 19.9 Å². The van der Waals surface area contributed by atoms with Crippen LogP contribution < -0.4 is 27.0 Å².